The molecular formula is C19H22N2O5S. The minimum Gasteiger partial charge on any atom is -0.451 e. The van der Waals surface area contributed by atoms with Crippen LogP contribution in [-0.4, -0.2) is 29.4 Å². The van der Waals surface area contributed by atoms with Crippen molar-refractivity contribution in [3.8, 4) is 0 Å². The predicted octanol–water partition coefficient (Wildman–Crippen LogP) is 3.91. The van der Waals surface area contributed by atoms with Crippen molar-refractivity contribution in [3.05, 3.63) is 39.3 Å². The number of nitrogens with zero attached hydrogens (tertiary/aromatic N) is 1. The number of nitrogens with one attached hydrogen (secondary N) is 1. The van der Waals surface area contributed by atoms with Crippen LogP contribution in [0.5, 0.6) is 0 Å². The van der Waals surface area contributed by atoms with Gasteiger partial charge in [0.15, 0.2) is 6.61 Å². The van der Waals surface area contributed by atoms with Crippen molar-refractivity contribution in [1.82, 2.24) is 5.32 Å². The highest BCUT2D eigenvalue weighted by atomic mass is 32.1. The highest BCUT2D eigenvalue weighted by Crippen LogP contribution is 2.30. The number of nitro groups is 1. The molecule has 27 heavy (non-hydrogen) atoms. The highest BCUT2D eigenvalue weighted by Gasteiger charge is 2.28. The number of thiophene rings is 1. The lowest BCUT2D eigenvalue weighted by Crippen LogP contribution is -2.45. The molecule has 8 heteroatoms. The van der Waals surface area contributed by atoms with Gasteiger partial charge in [-0.2, -0.15) is 0 Å². The lowest BCUT2D eigenvalue weighted by atomic mass is 9.78. The number of amides is 1. The topological polar surface area (TPSA) is 98.5 Å². The number of carbonyl (C=O) groups excluding carboxylic acids is 2. The molecule has 1 heterocycles. The van der Waals surface area contributed by atoms with Gasteiger partial charge < -0.3 is 10.1 Å². The summed E-state index contributed by atoms with van der Waals surface area (Å²) in [5.41, 5.74) is -0.0320. The van der Waals surface area contributed by atoms with Gasteiger partial charge >= 0.3 is 5.97 Å². The molecule has 1 aromatic carbocycles. The van der Waals surface area contributed by atoms with Gasteiger partial charge in [0.05, 0.1) is 4.92 Å². The van der Waals surface area contributed by atoms with E-state index in [1.54, 1.807) is 12.1 Å². The first-order valence-electron chi connectivity index (χ1n) is 8.99. The molecule has 2 aromatic rings. The Labute approximate surface area is 160 Å². The second-order valence-corrected chi connectivity index (χ2v) is 8.19. The van der Waals surface area contributed by atoms with Crippen molar-refractivity contribution in [2.45, 2.75) is 39.2 Å². The molecular weight excluding hydrogens is 368 g/mol. The molecule has 1 fully saturated rings. The van der Waals surface area contributed by atoms with E-state index in [-0.39, 0.29) is 24.2 Å². The van der Waals surface area contributed by atoms with E-state index in [0.29, 0.717) is 22.1 Å². The van der Waals surface area contributed by atoms with E-state index in [0.717, 1.165) is 17.5 Å². The third-order valence-corrected chi connectivity index (χ3v) is 6.40. The third-order valence-electron chi connectivity index (χ3n) is 5.30. The number of carbonyl (C=O) groups is 2. The second kappa shape index (κ2) is 8.04. The molecule has 1 aliphatic rings. The van der Waals surface area contributed by atoms with Crippen molar-refractivity contribution in [2.75, 3.05) is 6.61 Å². The SMILES string of the molecule is C[C@@H]1[C@H](C)CCC[C@H]1NC(=O)COC(=O)c1cc2cc([N+](=O)[O-])ccc2s1. The van der Waals surface area contributed by atoms with Gasteiger partial charge in [0.2, 0.25) is 0 Å². The average molecular weight is 390 g/mol. The summed E-state index contributed by atoms with van der Waals surface area (Å²) >= 11 is 1.18. The summed E-state index contributed by atoms with van der Waals surface area (Å²) in [6.45, 7) is 4.00. The summed E-state index contributed by atoms with van der Waals surface area (Å²) in [5, 5.41) is 14.4. The molecule has 0 saturated heterocycles. The monoisotopic (exact) mass is 390 g/mol. The van der Waals surface area contributed by atoms with Gasteiger partial charge in [0, 0.05) is 28.3 Å². The number of hydrogen-bond acceptors (Lipinski definition) is 6. The largest absolute Gasteiger partial charge is 0.451 e. The number of rotatable bonds is 5. The standard InChI is InChI=1S/C19H22N2O5S/c1-11-4-3-5-15(12(11)2)20-18(22)10-26-19(23)17-9-13-8-14(21(24)25)6-7-16(13)27-17/h6-9,11-12,15H,3-5,10H2,1-2H3,(H,20,22)/t11-,12-,15-/m1/s1. The van der Waals surface area contributed by atoms with Crippen LogP contribution in [0.3, 0.4) is 0 Å². The Hall–Kier alpha value is -2.48. The zero-order valence-electron chi connectivity index (χ0n) is 15.3. The van der Waals surface area contributed by atoms with Gasteiger partial charge in [-0.25, -0.2) is 4.79 Å². The van der Waals surface area contributed by atoms with E-state index in [4.69, 9.17) is 4.74 Å². The fourth-order valence-electron chi connectivity index (χ4n) is 3.48. The number of fused-ring (bicyclic) bond motifs is 1. The van der Waals surface area contributed by atoms with Crippen LogP contribution in [0.25, 0.3) is 10.1 Å². The van der Waals surface area contributed by atoms with E-state index in [1.165, 1.54) is 29.9 Å². The molecule has 1 aromatic heterocycles. The van der Waals surface area contributed by atoms with Gasteiger partial charge in [-0.15, -0.1) is 11.3 Å². The van der Waals surface area contributed by atoms with Gasteiger partial charge in [-0.05, 0) is 30.4 Å². The van der Waals surface area contributed by atoms with Crippen LogP contribution in [-0.2, 0) is 9.53 Å². The molecule has 1 saturated carbocycles. The van der Waals surface area contributed by atoms with Crippen molar-refractivity contribution in [3.63, 3.8) is 0 Å². The molecule has 144 valence electrons. The summed E-state index contributed by atoms with van der Waals surface area (Å²) < 4.78 is 5.88. The predicted molar refractivity (Wildman–Crippen MR) is 103 cm³/mol. The van der Waals surface area contributed by atoms with Crippen LogP contribution in [0.1, 0.15) is 42.8 Å². The molecule has 3 atom stereocenters. The van der Waals surface area contributed by atoms with E-state index >= 15 is 0 Å². The number of benzene rings is 1. The van der Waals surface area contributed by atoms with Crippen molar-refractivity contribution in [1.29, 1.82) is 0 Å². The Morgan fingerprint density at radius 2 is 2.07 bits per heavy atom. The Kier molecular flexibility index (Phi) is 5.74. The van der Waals surface area contributed by atoms with Crippen LogP contribution in [0.2, 0.25) is 0 Å². The van der Waals surface area contributed by atoms with Crippen molar-refractivity contribution < 1.29 is 19.2 Å². The van der Waals surface area contributed by atoms with E-state index in [9.17, 15) is 19.7 Å². The van der Waals surface area contributed by atoms with Crippen LogP contribution >= 0.6 is 11.3 Å². The Balaban J connectivity index is 1.58. The van der Waals surface area contributed by atoms with Crippen molar-refractivity contribution in [2.24, 2.45) is 11.8 Å². The highest BCUT2D eigenvalue weighted by molar-refractivity contribution is 7.20. The summed E-state index contributed by atoms with van der Waals surface area (Å²) in [4.78, 5) is 35.0. The maximum Gasteiger partial charge on any atom is 0.348 e. The molecule has 0 unspecified atom stereocenters. The molecule has 0 bridgehead atoms. The lowest BCUT2D eigenvalue weighted by molar-refractivity contribution is -0.384. The van der Waals surface area contributed by atoms with E-state index < -0.39 is 10.9 Å². The van der Waals surface area contributed by atoms with Gasteiger partial charge in [0.1, 0.15) is 4.88 Å². The first-order chi connectivity index (χ1) is 12.8. The Morgan fingerprint density at radius 1 is 1.30 bits per heavy atom. The number of esters is 1. The third kappa shape index (κ3) is 4.44. The first kappa shape index (κ1) is 19.3. The first-order valence-corrected chi connectivity index (χ1v) is 9.81. The van der Waals surface area contributed by atoms with Crippen molar-refractivity contribution >= 4 is 39.0 Å². The maximum atomic E-state index is 12.2. The van der Waals surface area contributed by atoms with E-state index in [1.807, 2.05) is 0 Å². The fraction of sp³-hybridized carbons (Fsp3) is 0.474. The minimum atomic E-state index is -0.598. The summed E-state index contributed by atoms with van der Waals surface area (Å²) in [6, 6.07) is 6.09. The second-order valence-electron chi connectivity index (χ2n) is 7.11. The Bertz CT molecular complexity index is 878. The molecule has 0 radical (unpaired) electrons. The minimum absolute atomic E-state index is 0.0320. The smallest absolute Gasteiger partial charge is 0.348 e. The van der Waals surface area contributed by atoms with Crippen LogP contribution in [0.4, 0.5) is 5.69 Å². The fourth-order valence-corrected chi connectivity index (χ4v) is 4.42. The normalized spacial score (nSPS) is 22.4. The zero-order chi connectivity index (χ0) is 19.6. The molecule has 1 N–H and O–H groups in total. The molecule has 3 rings (SSSR count). The number of non-ortho nitro benzene ring substituents is 1. The lowest BCUT2D eigenvalue weighted by Gasteiger charge is -2.34. The number of ether oxygens (including phenoxy) is 1. The molecule has 0 aliphatic heterocycles. The quantitative estimate of drug-likeness (QED) is 0.474. The molecule has 1 amide bonds. The van der Waals surface area contributed by atoms with Crippen LogP contribution in [0, 0.1) is 22.0 Å². The maximum absolute atomic E-state index is 12.2. The van der Waals surface area contributed by atoms with Gasteiger partial charge in [0.25, 0.3) is 11.6 Å². The summed E-state index contributed by atoms with van der Waals surface area (Å²) in [5.74, 6) is 0.0658. The van der Waals surface area contributed by atoms with E-state index in [2.05, 4.69) is 19.2 Å². The van der Waals surface area contributed by atoms with Crippen LogP contribution < -0.4 is 5.32 Å². The molecule has 1 aliphatic carbocycles. The molecule has 7 nitrogen and oxygen atoms in total. The summed E-state index contributed by atoms with van der Waals surface area (Å²) in [6.07, 6.45) is 3.21. The number of hydrogen-bond donors (Lipinski definition) is 1. The molecule has 0 spiro atoms. The van der Waals surface area contributed by atoms with Gasteiger partial charge in [-0.1, -0.05) is 26.7 Å². The summed E-state index contributed by atoms with van der Waals surface area (Å²) in [7, 11) is 0. The average Bonchev–Trinajstić information content (AvgIpc) is 3.07. The van der Waals surface area contributed by atoms with Gasteiger partial charge in [-0.3, -0.25) is 14.9 Å². The Morgan fingerprint density at radius 3 is 2.81 bits per heavy atom. The van der Waals surface area contributed by atoms with Crippen LogP contribution in [0.15, 0.2) is 24.3 Å². The zero-order valence-corrected chi connectivity index (χ0v) is 16.1. The number of nitro benzene ring substituents is 1.